The minimum absolute atomic E-state index is 0.0151. The quantitative estimate of drug-likeness (QED) is 0.143. The van der Waals surface area contributed by atoms with Crippen molar-refractivity contribution in [2.75, 3.05) is 31.2 Å². The van der Waals surface area contributed by atoms with Crippen LogP contribution in [0.1, 0.15) is 51.7 Å². The van der Waals surface area contributed by atoms with E-state index >= 15 is 0 Å². The van der Waals surface area contributed by atoms with Crippen LogP contribution in [-0.2, 0) is 19.9 Å². The van der Waals surface area contributed by atoms with Gasteiger partial charge in [-0.3, -0.25) is 4.52 Å². The topological polar surface area (TPSA) is 93.2 Å². The van der Waals surface area contributed by atoms with Gasteiger partial charge in [0.1, 0.15) is 0 Å². The van der Waals surface area contributed by atoms with Crippen molar-refractivity contribution in [1.82, 2.24) is 0 Å². The molecule has 2 aromatic carbocycles. The zero-order valence-electron chi connectivity index (χ0n) is 23.2. The van der Waals surface area contributed by atoms with Gasteiger partial charge in [0, 0.05) is 54.1 Å². The number of phosphoric acid groups is 1. The first-order valence-electron chi connectivity index (χ1n) is 13.5. The first-order valence-corrected chi connectivity index (χ1v) is 15.0. The molecular formula is C31H40N2O5P+. The number of allylic oxidation sites excluding steroid dienone is 6. The Morgan fingerprint density at radius 3 is 2.33 bits per heavy atom. The molecule has 0 fully saturated rings. The molecule has 0 atom stereocenters. The summed E-state index contributed by atoms with van der Waals surface area (Å²) in [6.07, 6.45) is 11.6. The summed E-state index contributed by atoms with van der Waals surface area (Å²) < 4.78 is 18.0. The molecule has 7 nitrogen and oxygen atoms in total. The molecule has 2 heterocycles. The van der Waals surface area contributed by atoms with E-state index in [2.05, 4.69) is 96.3 Å². The van der Waals surface area contributed by atoms with E-state index < -0.39 is 7.82 Å². The summed E-state index contributed by atoms with van der Waals surface area (Å²) in [7, 11) is -4.48. The van der Waals surface area contributed by atoms with Crippen LogP contribution in [0, 0.1) is 0 Å². The van der Waals surface area contributed by atoms with E-state index in [-0.39, 0.29) is 24.0 Å². The number of nitrogens with zero attached hydrogens (tertiary/aromatic N) is 2. The van der Waals surface area contributed by atoms with Gasteiger partial charge in [0.05, 0.1) is 12.0 Å². The van der Waals surface area contributed by atoms with Crippen molar-refractivity contribution in [1.29, 1.82) is 0 Å². The highest BCUT2D eigenvalue weighted by Crippen LogP contribution is 2.47. The minimum Gasteiger partial charge on any atom is -0.396 e. The molecule has 0 saturated heterocycles. The maximum atomic E-state index is 11.1. The van der Waals surface area contributed by atoms with Crippen molar-refractivity contribution in [2.45, 2.75) is 51.4 Å². The van der Waals surface area contributed by atoms with Crippen molar-refractivity contribution < 1.29 is 28.6 Å². The van der Waals surface area contributed by atoms with Crippen LogP contribution in [0.3, 0.4) is 0 Å². The van der Waals surface area contributed by atoms with Gasteiger partial charge in [-0.2, -0.15) is 4.58 Å². The van der Waals surface area contributed by atoms with Crippen LogP contribution in [0.2, 0.25) is 0 Å². The zero-order chi connectivity index (χ0) is 28.3. The van der Waals surface area contributed by atoms with Gasteiger partial charge in [-0.15, -0.1) is 0 Å². The molecule has 0 spiro atoms. The maximum absolute atomic E-state index is 11.1. The average molecular weight is 552 g/mol. The van der Waals surface area contributed by atoms with E-state index in [1.165, 1.54) is 22.5 Å². The molecule has 8 heteroatoms. The Bertz CT molecular complexity index is 1370. The smallest absolute Gasteiger partial charge is 0.396 e. The van der Waals surface area contributed by atoms with Gasteiger partial charge in [0.25, 0.3) is 0 Å². The summed E-state index contributed by atoms with van der Waals surface area (Å²) >= 11 is 0. The number of aliphatic hydroxyl groups is 1. The van der Waals surface area contributed by atoms with E-state index in [9.17, 15) is 9.67 Å². The van der Waals surface area contributed by atoms with Gasteiger partial charge >= 0.3 is 7.82 Å². The molecule has 0 radical (unpaired) electrons. The maximum Gasteiger partial charge on any atom is 0.469 e. The third kappa shape index (κ3) is 6.19. The van der Waals surface area contributed by atoms with E-state index in [1.807, 2.05) is 24.3 Å². The highest BCUT2D eigenvalue weighted by molar-refractivity contribution is 7.46. The summed E-state index contributed by atoms with van der Waals surface area (Å²) in [5, 5.41) is 9.46. The Balaban J connectivity index is 1.58. The second-order valence-corrected chi connectivity index (χ2v) is 12.3. The third-order valence-corrected chi connectivity index (χ3v) is 8.17. The molecule has 39 heavy (non-hydrogen) atoms. The van der Waals surface area contributed by atoms with Crippen LogP contribution in [0.15, 0.2) is 84.6 Å². The first-order chi connectivity index (χ1) is 18.5. The minimum atomic E-state index is -4.48. The number of hydrogen-bond donors (Lipinski definition) is 3. The largest absolute Gasteiger partial charge is 0.469 e. The van der Waals surface area contributed by atoms with E-state index in [0.29, 0.717) is 19.4 Å². The normalized spacial score (nSPS) is 19.1. The standard InChI is InChI=1S/C31H39N2O5P/c1-30(2)24-14-8-10-16-26(24)32(20-12-22-34)28(30)18-6-5-7-19-29-31(3,4)25-15-9-11-17-27(25)33(29)21-13-23-38-39(35,36)37/h5-11,14-19,34H,12-13,20-23H2,1-4H3,(H-,35,36,37)/p+1. The lowest BCUT2D eigenvalue weighted by Crippen LogP contribution is -2.28. The van der Waals surface area contributed by atoms with E-state index in [4.69, 9.17) is 9.79 Å². The second kappa shape index (κ2) is 11.7. The lowest BCUT2D eigenvalue weighted by molar-refractivity contribution is -0.438. The van der Waals surface area contributed by atoms with Crippen molar-refractivity contribution in [2.24, 2.45) is 0 Å². The van der Waals surface area contributed by atoms with E-state index in [0.717, 1.165) is 17.9 Å². The molecule has 0 amide bonds. The molecule has 2 aliphatic rings. The summed E-state index contributed by atoms with van der Waals surface area (Å²) in [4.78, 5) is 20.4. The lowest BCUT2D eigenvalue weighted by Gasteiger charge is -2.26. The number of rotatable bonds is 11. The second-order valence-electron chi connectivity index (χ2n) is 11.0. The van der Waals surface area contributed by atoms with Crippen LogP contribution in [0.5, 0.6) is 0 Å². The van der Waals surface area contributed by atoms with Crippen molar-refractivity contribution >= 4 is 24.9 Å². The molecule has 4 rings (SSSR count). The molecule has 0 aromatic heterocycles. The van der Waals surface area contributed by atoms with Crippen LogP contribution >= 0.6 is 7.82 Å². The van der Waals surface area contributed by atoms with Crippen LogP contribution in [0.4, 0.5) is 11.4 Å². The van der Waals surface area contributed by atoms with Crippen LogP contribution in [-0.4, -0.2) is 51.5 Å². The monoisotopic (exact) mass is 551 g/mol. The molecule has 0 unspecified atom stereocenters. The van der Waals surface area contributed by atoms with Crippen molar-refractivity contribution in [3.8, 4) is 0 Å². The summed E-state index contributed by atoms with van der Waals surface area (Å²) in [6, 6.07) is 16.7. The Morgan fingerprint density at radius 2 is 1.62 bits per heavy atom. The molecule has 3 N–H and O–H groups in total. The fourth-order valence-corrected chi connectivity index (χ4v) is 6.12. The molecule has 0 aliphatic carbocycles. The summed E-state index contributed by atoms with van der Waals surface area (Å²) in [5.74, 6) is 0. The van der Waals surface area contributed by atoms with Gasteiger partial charge < -0.3 is 19.8 Å². The predicted octanol–water partition coefficient (Wildman–Crippen LogP) is 5.74. The Hall–Kier alpha value is -2.80. The number of phosphoric ester groups is 1. The van der Waals surface area contributed by atoms with Gasteiger partial charge in [-0.05, 0) is 38.0 Å². The first kappa shape index (κ1) is 29.2. The lowest BCUT2D eigenvalue weighted by atomic mass is 9.81. The molecule has 2 aromatic rings. The fourth-order valence-electron chi connectivity index (χ4n) is 5.76. The highest BCUT2D eigenvalue weighted by Gasteiger charge is 2.44. The van der Waals surface area contributed by atoms with Gasteiger partial charge in [0.15, 0.2) is 12.3 Å². The van der Waals surface area contributed by atoms with Crippen molar-refractivity contribution in [3.05, 3.63) is 95.7 Å². The van der Waals surface area contributed by atoms with Gasteiger partial charge in [-0.1, -0.05) is 68.5 Å². The molecular weight excluding hydrogens is 511 g/mol. The zero-order valence-corrected chi connectivity index (χ0v) is 24.1. The number of para-hydroxylation sites is 2. The number of hydrogen-bond acceptors (Lipinski definition) is 4. The molecule has 208 valence electrons. The molecule has 2 aliphatic heterocycles. The van der Waals surface area contributed by atoms with Gasteiger partial charge in [0.2, 0.25) is 5.69 Å². The fraction of sp³-hybridized carbons (Fsp3) is 0.387. The SMILES string of the molecule is CC1(C)C(/C=C/C=C/C=C2/N(CCCO)c3ccccc3C2(C)C)=[N+](CCCOP(=O)(O)O)c2ccccc21. The summed E-state index contributed by atoms with van der Waals surface area (Å²) in [6.45, 7) is 10.4. The average Bonchev–Trinajstić information content (AvgIpc) is 3.23. The molecule has 0 bridgehead atoms. The Kier molecular flexibility index (Phi) is 8.79. The van der Waals surface area contributed by atoms with Crippen LogP contribution in [0.25, 0.3) is 0 Å². The third-order valence-electron chi connectivity index (χ3n) is 7.65. The summed E-state index contributed by atoms with van der Waals surface area (Å²) in [5.41, 5.74) is 6.77. The highest BCUT2D eigenvalue weighted by atomic mass is 31.2. The molecule has 0 saturated carbocycles. The number of benzene rings is 2. The number of aliphatic hydroxyl groups excluding tert-OH is 1. The Labute approximate surface area is 231 Å². The number of fused-ring (bicyclic) bond motifs is 2. The van der Waals surface area contributed by atoms with E-state index in [1.54, 1.807) is 0 Å². The Morgan fingerprint density at radius 1 is 0.923 bits per heavy atom. The van der Waals surface area contributed by atoms with Crippen molar-refractivity contribution in [3.63, 3.8) is 0 Å². The predicted molar refractivity (Wildman–Crippen MR) is 157 cm³/mol. The number of anilines is 1. The van der Waals surface area contributed by atoms with Gasteiger partial charge in [-0.25, -0.2) is 4.57 Å². The van der Waals surface area contributed by atoms with Crippen LogP contribution < -0.4 is 4.90 Å².